The third-order valence-electron chi connectivity index (χ3n) is 6.59. The van der Waals surface area contributed by atoms with Crippen LogP contribution in [0, 0.1) is 17.0 Å². The van der Waals surface area contributed by atoms with Crippen LogP contribution in [0.2, 0.25) is 0 Å². The van der Waals surface area contributed by atoms with Crippen LogP contribution in [0.4, 0.5) is 23.7 Å². The van der Waals surface area contributed by atoms with Gasteiger partial charge in [0.2, 0.25) is 5.43 Å². The number of hydrogen-bond donors (Lipinski definition) is 2. The number of ether oxygens (including phenoxy) is 1. The normalized spacial score (nSPS) is 24.9. The fraction of sp³-hybridized carbons (Fsp3) is 0.500. The summed E-state index contributed by atoms with van der Waals surface area (Å²) in [6.45, 7) is 0.593. The maximum Gasteiger partial charge on any atom is 0.511 e. The molecule has 1 aliphatic carbocycles. The van der Waals surface area contributed by atoms with E-state index >= 15 is 8.78 Å². The van der Waals surface area contributed by atoms with Crippen LogP contribution in [-0.2, 0) is 0 Å². The quantitative estimate of drug-likeness (QED) is 0.683. The zero-order valence-electron chi connectivity index (χ0n) is 16.4. The number of alkyl halides is 1. The lowest BCUT2D eigenvalue weighted by atomic mass is 9.84. The lowest BCUT2D eigenvalue weighted by Crippen LogP contribution is -2.41. The SMILES string of the molecule is Cl.O=C(O)Oc1cn(C2CC2)c2c(F)c(N3CCC4(CF)CNCC34)c(F)cc2c1=O. The van der Waals surface area contributed by atoms with Crippen molar-refractivity contribution < 1.29 is 27.8 Å². The maximum atomic E-state index is 15.8. The monoisotopic (exact) mass is 459 g/mol. The second kappa shape index (κ2) is 7.59. The van der Waals surface area contributed by atoms with Crippen LogP contribution in [0.3, 0.4) is 0 Å². The molecule has 2 atom stereocenters. The van der Waals surface area contributed by atoms with Gasteiger partial charge in [-0.3, -0.25) is 9.18 Å². The van der Waals surface area contributed by atoms with Gasteiger partial charge < -0.3 is 24.6 Å². The number of benzene rings is 1. The minimum atomic E-state index is -1.68. The summed E-state index contributed by atoms with van der Waals surface area (Å²) in [5.41, 5.74) is -1.92. The molecule has 1 aromatic heterocycles. The molecule has 0 spiro atoms. The molecule has 31 heavy (non-hydrogen) atoms. The Bertz CT molecular complexity index is 1120. The molecule has 1 saturated carbocycles. The minimum absolute atomic E-state index is 0. The van der Waals surface area contributed by atoms with E-state index in [1.165, 1.54) is 10.8 Å². The first-order valence-electron chi connectivity index (χ1n) is 9.87. The van der Waals surface area contributed by atoms with Gasteiger partial charge in [0, 0.05) is 31.1 Å². The van der Waals surface area contributed by atoms with Crippen molar-refractivity contribution in [1.29, 1.82) is 0 Å². The van der Waals surface area contributed by atoms with Crippen LogP contribution in [0.15, 0.2) is 17.1 Å². The zero-order chi connectivity index (χ0) is 21.2. The third-order valence-corrected chi connectivity index (χ3v) is 6.59. The standard InChI is InChI=1S/C20H20F3N3O4.ClH/c21-8-20-3-4-25(14(20)6-24-9-20)17-12(22)5-11-16(15(17)23)26(10-1-2-10)7-13(18(11)27)30-19(28)29;/h5,7,10,14,24H,1-4,6,8-9H2,(H,28,29);1H. The fourth-order valence-electron chi connectivity index (χ4n) is 4.93. The number of carboxylic acid groups (broad SMARTS) is 1. The summed E-state index contributed by atoms with van der Waals surface area (Å²) in [4.78, 5) is 25.1. The Labute approximate surface area is 181 Å². The Morgan fingerprint density at radius 3 is 2.74 bits per heavy atom. The topological polar surface area (TPSA) is 83.8 Å². The van der Waals surface area contributed by atoms with Gasteiger partial charge in [-0.1, -0.05) is 0 Å². The van der Waals surface area contributed by atoms with Crippen molar-refractivity contribution in [3.8, 4) is 5.75 Å². The number of pyridine rings is 1. The second-order valence-electron chi connectivity index (χ2n) is 8.33. The molecule has 11 heteroatoms. The number of carbonyl (C=O) groups is 1. The summed E-state index contributed by atoms with van der Waals surface area (Å²) in [5, 5.41) is 11.7. The highest BCUT2D eigenvalue weighted by Crippen LogP contribution is 2.46. The molecule has 7 nitrogen and oxygen atoms in total. The fourth-order valence-corrected chi connectivity index (χ4v) is 4.93. The van der Waals surface area contributed by atoms with E-state index in [4.69, 9.17) is 5.11 Å². The molecule has 1 aromatic carbocycles. The first-order chi connectivity index (χ1) is 14.4. The number of fused-ring (bicyclic) bond motifs is 2. The summed E-state index contributed by atoms with van der Waals surface area (Å²) >= 11 is 0. The average molecular weight is 460 g/mol. The van der Waals surface area contributed by atoms with Gasteiger partial charge in [0.05, 0.1) is 29.8 Å². The molecule has 5 rings (SSSR count). The van der Waals surface area contributed by atoms with E-state index < -0.39 is 41.1 Å². The molecule has 2 N–H and O–H groups in total. The lowest BCUT2D eigenvalue weighted by molar-refractivity contribution is 0.143. The summed E-state index contributed by atoms with van der Waals surface area (Å²) in [6.07, 6.45) is 1.41. The van der Waals surface area contributed by atoms with Gasteiger partial charge in [0.15, 0.2) is 11.6 Å². The minimum Gasteiger partial charge on any atom is -0.449 e. The van der Waals surface area contributed by atoms with Gasteiger partial charge >= 0.3 is 6.16 Å². The van der Waals surface area contributed by atoms with Gasteiger partial charge in [0.1, 0.15) is 11.5 Å². The number of halogens is 4. The van der Waals surface area contributed by atoms with E-state index in [-0.39, 0.29) is 41.1 Å². The van der Waals surface area contributed by atoms with E-state index in [9.17, 15) is 14.0 Å². The van der Waals surface area contributed by atoms with Crippen molar-refractivity contribution in [2.45, 2.75) is 31.3 Å². The number of rotatable bonds is 4. The molecule has 2 unspecified atom stereocenters. The predicted octanol–water partition coefficient (Wildman–Crippen LogP) is 3.23. The molecular formula is C20H21ClF3N3O4. The smallest absolute Gasteiger partial charge is 0.449 e. The lowest BCUT2D eigenvalue weighted by Gasteiger charge is -2.31. The van der Waals surface area contributed by atoms with Gasteiger partial charge in [-0.05, 0) is 25.3 Å². The van der Waals surface area contributed by atoms with E-state index in [2.05, 4.69) is 10.1 Å². The highest BCUT2D eigenvalue weighted by atomic mass is 35.5. The number of nitrogens with one attached hydrogen (secondary N) is 1. The molecule has 2 aromatic rings. The number of nitrogens with zero attached hydrogens (tertiary/aromatic N) is 2. The summed E-state index contributed by atoms with van der Waals surface area (Å²) in [7, 11) is 0. The molecule has 3 heterocycles. The Balaban J connectivity index is 0.00000231. The molecule has 3 aliphatic rings. The van der Waals surface area contributed by atoms with Crippen LogP contribution >= 0.6 is 12.4 Å². The second-order valence-corrected chi connectivity index (χ2v) is 8.33. The summed E-state index contributed by atoms with van der Waals surface area (Å²) < 4.78 is 50.7. The molecule has 0 radical (unpaired) electrons. The zero-order valence-corrected chi connectivity index (χ0v) is 17.2. The van der Waals surface area contributed by atoms with Crippen molar-refractivity contribution in [2.75, 3.05) is 31.2 Å². The molecule has 2 saturated heterocycles. The number of aromatic nitrogens is 1. The Morgan fingerprint density at radius 1 is 1.35 bits per heavy atom. The predicted molar refractivity (Wildman–Crippen MR) is 109 cm³/mol. The van der Waals surface area contributed by atoms with Crippen LogP contribution in [0.5, 0.6) is 5.75 Å². The van der Waals surface area contributed by atoms with Crippen LogP contribution in [0.25, 0.3) is 10.9 Å². The summed E-state index contributed by atoms with van der Waals surface area (Å²) in [6, 6.07) is 0.412. The van der Waals surface area contributed by atoms with Crippen LogP contribution in [-0.4, -0.2) is 48.2 Å². The van der Waals surface area contributed by atoms with Gasteiger partial charge in [-0.15, -0.1) is 12.4 Å². The van der Waals surface area contributed by atoms with Gasteiger partial charge in [-0.25, -0.2) is 13.6 Å². The number of hydrogen-bond acceptors (Lipinski definition) is 5. The maximum absolute atomic E-state index is 15.8. The van der Waals surface area contributed by atoms with E-state index in [0.717, 1.165) is 18.9 Å². The average Bonchev–Trinajstić information content (AvgIpc) is 3.36. The molecule has 168 valence electrons. The van der Waals surface area contributed by atoms with Crippen LogP contribution in [0.1, 0.15) is 25.3 Å². The Morgan fingerprint density at radius 2 is 2.10 bits per heavy atom. The van der Waals surface area contributed by atoms with Crippen molar-refractivity contribution in [1.82, 2.24) is 9.88 Å². The molecular weight excluding hydrogens is 439 g/mol. The third kappa shape index (κ3) is 3.23. The van der Waals surface area contributed by atoms with E-state index in [1.54, 1.807) is 4.90 Å². The Hall–Kier alpha value is -2.46. The molecule has 3 fully saturated rings. The van der Waals surface area contributed by atoms with Gasteiger partial charge in [0.25, 0.3) is 0 Å². The highest BCUT2D eigenvalue weighted by molar-refractivity contribution is 5.86. The molecule has 2 aliphatic heterocycles. The van der Waals surface area contributed by atoms with Crippen molar-refractivity contribution in [2.24, 2.45) is 5.41 Å². The summed E-state index contributed by atoms with van der Waals surface area (Å²) in [5.74, 6) is -2.32. The van der Waals surface area contributed by atoms with Crippen LogP contribution < -0.4 is 20.4 Å². The first kappa shape index (κ1) is 21.8. The van der Waals surface area contributed by atoms with Crippen molar-refractivity contribution in [3.63, 3.8) is 0 Å². The number of anilines is 1. The van der Waals surface area contributed by atoms with Crippen molar-refractivity contribution in [3.05, 3.63) is 34.1 Å². The van der Waals surface area contributed by atoms with Crippen molar-refractivity contribution >= 4 is 35.2 Å². The first-order valence-corrected chi connectivity index (χ1v) is 9.87. The van der Waals surface area contributed by atoms with Gasteiger partial charge in [-0.2, -0.15) is 0 Å². The highest BCUT2D eigenvalue weighted by Gasteiger charge is 2.52. The largest absolute Gasteiger partial charge is 0.511 e. The Kier molecular flexibility index (Phi) is 5.33. The van der Waals surface area contributed by atoms with E-state index in [0.29, 0.717) is 26.1 Å². The molecule has 0 bridgehead atoms. The molecule has 0 amide bonds. The van der Waals surface area contributed by atoms with E-state index in [1.807, 2.05) is 0 Å².